The third-order valence-corrected chi connectivity index (χ3v) is 2.27. The highest BCUT2D eigenvalue weighted by Gasteiger charge is 1.99. The summed E-state index contributed by atoms with van der Waals surface area (Å²) >= 11 is 0. The Kier molecular flexibility index (Phi) is 4.18. The Labute approximate surface area is 87.0 Å². The Bertz CT molecular complexity index is 317. The molecule has 1 atom stereocenters. The van der Waals surface area contributed by atoms with Crippen LogP contribution in [-0.4, -0.2) is 0 Å². The fraction of sp³-hybridized carbons (Fsp3) is 0.286. The summed E-state index contributed by atoms with van der Waals surface area (Å²) < 4.78 is 0. The Balaban J connectivity index is 2.77. The van der Waals surface area contributed by atoms with Crippen molar-refractivity contribution in [1.29, 1.82) is 0 Å². The molecule has 1 aromatic rings. The maximum absolute atomic E-state index is 2.29. The van der Waals surface area contributed by atoms with E-state index in [1.165, 1.54) is 11.1 Å². The van der Waals surface area contributed by atoms with E-state index >= 15 is 0 Å². The van der Waals surface area contributed by atoms with E-state index in [9.17, 15) is 0 Å². The van der Waals surface area contributed by atoms with Gasteiger partial charge in [0, 0.05) is 0 Å². The quantitative estimate of drug-likeness (QED) is 0.617. The van der Waals surface area contributed by atoms with Crippen molar-refractivity contribution in [3.63, 3.8) is 0 Å². The van der Waals surface area contributed by atoms with Crippen LogP contribution in [0.3, 0.4) is 0 Å². The summed E-state index contributed by atoms with van der Waals surface area (Å²) in [5, 5.41) is 0. The molecule has 0 heterocycles. The van der Waals surface area contributed by atoms with E-state index in [0.29, 0.717) is 5.92 Å². The van der Waals surface area contributed by atoms with Crippen molar-refractivity contribution >= 4 is 0 Å². The molecule has 1 rings (SSSR count). The molecule has 0 radical (unpaired) electrons. The molecule has 0 aromatic heterocycles. The van der Waals surface area contributed by atoms with Crippen molar-refractivity contribution in [2.75, 3.05) is 0 Å². The minimum absolute atomic E-state index is 0.493. The van der Waals surface area contributed by atoms with Crippen molar-refractivity contribution < 1.29 is 0 Å². The summed E-state index contributed by atoms with van der Waals surface area (Å²) in [4.78, 5) is 0. The first kappa shape index (κ1) is 10.8. The third kappa shape index (κ3) is 3.21. The van der Waals surface area contributed by atoms with Crippen LogP contribution in [0.5, 0.6) is 0 Å². The average Bonchev–Trinajstić information content (AvgIpc) is 2.19. The van der Waals surface area contributed by atoms with Crippen LogP contribution in [0.2, 0.25) is 0 Å². The fourth-order valence-electron chi connectivity index (χ4n) is 1.57. The molecule has 0 aliphatic rings. The van der Waals surface area contributed by atoms with E-state index in [1.54, 1.807) is 0 Å². The van der Waals surface area contributed by atoms with Crippen LogP contribution in [0.4, 0.5) is 0 Å². The molecule has 1 aromatic carbocycles. The summed E-state index contributed by atoms with van der Waals surface area (Å²) in [6.07, 6.45) is 6.50. The molecule has 0 unspecified atom stereocenters. The highest BCUT2D eigenvalue weighted by Crippen LogP contribution is 2.17. The van der Waals surface area contributed by atoms with Gasteiger partial charge in [0.2, 0.25) is 0 Å². The predicted molar refractivity (Wildman–Crippen MR) is 63.4 cm³/mol. The van der Waals surface area contributed by atoms with E-state index in [-0.39, 0.29) is 0 Å². The average molecular weight is 186 g/mol. The standard InChI is InChI=1S/C14H18/c1-4-8-12(2)11-13(3)14-9-6-5-7-10-14/h4-11,13H,1-3H3/b8-4-,12-11+/t13-/m0/s1. The lowest BCUT2D eigenvalue weighted by atomic mass is 9.99. The number of benzene rings is 1. The first-order valence-corrected chi connectivity index (χ1v) is 5.10. The van der Waals surface area contributed by atoms with Crippen molar-refractivity contribution in [2.45, 2.75) is 26.7 Å². The molecule has 0 fully saturated rings. The first-order chi connectivity index (χ1) is 6.74. The molecule has 0 nitrogen and oxygen atoms in total. The molecule has 0 saturated carbocycles. The summed E-state index contributed by atoms with van der Waals surface area (Å²) in [6.45, 7) is 6.41. The second kappa shape index (κ2) is 5.43. The predicted octanol–water partition coefficient (Wildman–Crippen LogP) is 4.31. The van der Waals surface area contributed by atoms with E-state index < -0.39 is 0 Å². The van der Waals surface area contributed by atoms with Gasteiger partial charge in [-0.2, -0.15) is 0 Å². The van der Waals surface area contributed by atoms with Gasteiger partial charge in [-0.25, -0.2) is 0 Å². The molecule has 74 valence electrons. The molecule has 0 N–H and O–H groups in total. The van der Waals surface area contributed by atoms with Crippen LogP contribution in [0.25, 0.3) is 0 Å². The van der Waals surface area contributed by atoms with Gasteiger partial charge in [0.25, 0.3) is 0 Å². The van der Waals surface area contributed by atoms with Crippen molar-refractivity contribution in [1.82, 2.24) is 0 Å². The smallest absolute Gasteiger partial charge is 0.000473 e. The van der Waals surface area contributed by atoms with Gasteiger partial charge >= 0.3 is 0 Å². The Hall–Kier alpha value is -1.30. The van der Waals surface area contributed by atoms with Gasteiger partial charge in [0.1, 0.15) is 0 Å². The molecule has 0 amide bonds. The monoisotopic (exact) mass is 186 g/mol. The maximum Gasteiger partial charge on any atom is -0.000473 e. The van der Waals surface area contributed by atoms with Crippen LogP contribution >= 0.6 is 0 Å². The number of allylic oxidation sites excluding steroid dienone is 4. The van der Waals surface area contributed by atoms with Gasteiger partial charge < -0.3 is 0 Å². The molecule has 0 spiro atoms. The highest BCUT2D eigenvalue weighted by molar-refractivity contribution is 5.27. The highest BCUT2D eigenvalue weighted by atomic mass is 14.0. The van der Waals surface area contributed by atoms with Gasteiger partial charge in [-0.05, 0) is 25.3 Å². The molecular formula is C14H18. The van der Waals surface area contributed by atoms with Crippen molar-refractivity contribution in [3.05, 3.63) is 59.7 Å². The van der Waals surface area contributed by atoms with Crippen molar-refractivity contribution in [3.8, 4) is 0 Å². The molecule has 0 bridgehead atoms. The zero-order valence-electron chi connectivity index (χ0n) is 9.20. The van der Waals surface area contributed by atoms with Crippen LogP contribution in [-0.2, 0) is 0 Å². The number of hydrogen-bond acceptors (Lipinski definition) is 0. The topological polar surface area (TPSA) is 0 Å². The van der Waals surface area contributed by atoms with Gasteiger partial charge in [0.15, 0.2) is 0 Å². The SMILES string of the molecule is C/C=C\C(C)=C\[C@H](C)c1ccccc1. The Morgan fingerprint density at radius 3 is 2.43 bits per heavy atom. The van der Waals surface area contributed by atoms with Gasteiger partial charge in [-0.1, -0.05) is 61.1 Å². The molecule has 0 saturated heterocycles. The van der Waals surface area contributed by atoms with Crippen LogP contribution < -0.4 is 0 Å². The lowest BCUT2D eigenvalue weighted by Gasteiger charge is -2.06. The molecule has 0 aliphatic carbocycles. The van der Waals surface area contributed by atoms with E-state index in [1.807, 2.05) is 6.92 Å². The lowest BCUT2D eigenvalue weighted by Crippen LogP contribution is -1.88. The van der Waals surface area contributed by atoms with E-state index in [0.717, 1.165) is 0 Å². The maximum atomic E-state index is 2.29. The summed E-state index contributed by atoms with van der Waals surface area (Å²) in [6, 6.07) is 10.6. The summed E-state index contributed by atoms with van der Waals surface area (Å²) in [7, 11) is 0. The van der Waals surface area contributed by atoms with Gasteiger partial charge in [-0.3, -0.25) is 0 Å². The summed E-state index contributed by atoms with van der Waals surface area (Å²) in [5.74, 6) is 0.493. The van der Waals surface area contributed by atoms with Crippen LogP contribution in [0, 0.1) is 0 Å². The minimum Gasteiger partial charge on any atom is -0.0874 e. The third-order valence-electron chi connectivity index (χ3n) is 2.27. The van der Waals surface area contributed by atoms with E-state index in [2.05, 4.69) is 62.4 Å². The normalized spacial score (nSPS) is 14.6. The first-order valence-electron chi connectivity index (χ1n) is 5.10. The Morgan fingerprint density at radius 2 is 1.86 bits per heavy atom. The van der Waals surface area contributed by atoms with Crippen LogP contribution in [0.15, 0.2) is 54.1 Å². The zero-order valence-corrected chi connectivity index (χ0v) is 9.20. The zero-order chi connectivity index (χ0) is 10.4. The van der Waals surface area contributed by atoms with Crippen molar-refractivity contribution in [2.24, 2.45) is 0 Å². The minimum atomic E-state index is 0.493. The molecule has 0 aliphatic heterocycles. The van der Waals surface area contributed by atoms with Crippen LogP contribution in [0.1, 0.15) is 32.3 Å². The van der Waals surface area contributed by atoms with Gasteiger partial charge in [-0.15, -0.1) is 0 Å². The fourth-order valence-corrected chi connectivity index (χ4v) is 1.57. The second-order valence-electron chi connectivity index (χ2n) is 3.61. The molecular weight excluding hydrogens is 168 g/mol. The largest absolute Gasteiger partial charge is 0.0874 e. The van der Waals surface area contributed by atoms with E-state index in [4.69, 9.17) is 0 Å². The molecule has 0 heteroatoms. The Morgan fingerprint density at radius 1 is 1.21 bits per heavy atom. The lowest BCUT2D eigenvalue weighted by molar-refractivity contribution is 0.958. The summed E-state index contributed by atoms with van der Waals surface area (Å²) in [5.41, 5.74) is 2.69. The molecule has 14 heavy (non-hydrogen) atoms. The second-order valence-corrected chi connectivity index (χ2v) is 3.61. The van der Waals surface area contributed by atoms with Gasteiger partial charge in [0.05, 0.1) is 0 Å². The number of hydrogen-bond donors (Lipinski definition) is 0. The number of rotatable bonds is 3.